The molecule has 7 heteroatoms. The van der Waals surface area contributed by atoms with Gasteiger partial charge in [0.25, 0.3) is 0 Å². The van der Waals surface area contributed by atoms with E-state index >= 15 is 0 Å². The fraction of sp³-hybridized carbons (Fsp3) is 0.412. The molecule has 2 heterocycles. The molecule has 0 aliphatic carbocycles. The first kappa shape index (κ1) is 16.6. The van der Waals surface area contributed by atoms with Crippen molar-refractivity contribution in [1.29, 1.82) is 0 Å². The van der Waals surface area contributed by atoms with Gasteiger partial charge in [-0.15, -0.1) is 6.42 Å². The van der Waals surface area contributed by atoms with E-state index in [-0.39, 0.29) is 17.3 Å². The highest BCUT2D eigenvalue weighted by molar-refractivity contribution is 6.42. The van der Waals surface area contributed by atoms with Crippen LogP contribution < -0.4 is 4.74 Å². The number of oxime groups is 1. The van der Waals surface area contributed by atoms with Gasteiger partial charge >= 0.3 is 0 Å². The summed E-state index contributed by atoms with van der Waals surface area (Å²) in [5.41, 5.74) is 0.875. The van der Waals surface area contributed by atoms with E-state index in [2.05, 4.69) is 21.0 Å². The highest BCUT2D eigenvalue weighted by Crippen LogP contribution is 2.32. The second kappa shape index (κ2) is 7.54. The predicted molar refractivity (Wildman–Crippen MR) is 91.6 cm³/mol. The van der Waals surface area contributed by atoms with E-state index in [9.17, 15) is 4.39 Å². The van der Waals surface area contributed by atoms with Crippen molar-refractivity contribution in [3.63, 3.8) is 0 Å². The summed E-state index contributed by atoms with van der Waals surface area (Å²) in [6, 6.07) is 2.64. The number of likely N-dealkylation sites (tertiary alicyclic amines) is 1. The molecule has 3 rings (SSSR count). The number of halogens is 2. The largest absolute Gasteiger partial charge is 0.479 e. The SMILES string of the molecule is C#CCOc1cc(N=C(C2=NOCC2)N2CCCC2)c(F)cc1Cl. The van der Waals surface area contributed by atoms with Crippen LogP contribution in [-0.4, -0.2) is 42.8 Å². The normalized spacial score (nSPS) is 17.5. The van der Waals surface area contributed by atoms with E-state index in [4.69, 9.17) is 27.6 Å². The summed E-state index contributed by atoms with van der Waals surface area (Å²) in [6.45, 7) is 2.30. The maximum Gasteiger partial charge on any atom is 0.154 e. The van der Waals surface area contributed by atoms with Crippen molar-refractivity contribution in [3.8, 4) is 18.1 Å². The fourth-order valence-electron chi connectivity index (χ4n) is 2.66. The molecule has 0 atom stereocenters. The molecule has 0 unspecified atom stereocenters. The van der Waals surface area contributed by atoms with Crippen LogP contribution in [-0.2, 0) is 4.84 Å². The molecule has 0 aromatic heterocycles. The topological polar surface area (TPSA) is 46.4 Å². The third kappa shape index (κ3) is 3.62. The molecule has 5 nitrogen and oxygen atoms in total. The monoisotopic (exact) mass is 349 g/mol. The van der Waals surface area contributed by atoms with E-state index in [0.717, 1.165) is 31.6 Å². The molecule has 0 radical (unpaired) electrons. The zero-order valence-electron chi connectivity index (χ0n) is 13.1. The van der Waals surface area contributed by atoms with Gasteiger partial charge in [0.15, 0.2) is 11.7 Å². The van der Waals surface area contributed by atoms with E-state index in [1.807, 2.05) is 0 Å². The third-order valence-corrected chi connectivity index (χ3v) is 4.10. The maximum absolute atomic E-state index is 14.3. The van der Waals surface area contributed by atoms with Crippen molar-refractivity contribution in [2.75, 3.05) is 26.3 Å². The maximum atomic E-state index is 14.3. The van der Waals surface area contributed by atoms with Gasteiger partial charge < -0.3 is 14.5 Å². The van der Waals surface area contributed by atoms with Crippen molar-refractivity contribution in [3.05, 3.63) is 23.0 Å². The fourth-order valence-corrected chi connectivity index (χ4v) is 2.86. The molecule has 2 aliphatic heterocycles. The van der Waals surface area contributed by atoms with Gasteiger partial charge in [-0.1, -0.05) is 22.7 Å². The van der Waals surface area contributed by atoms with Gasteiger partial charge in [-0.3, -0.25) is 0 Å². The highest BCUT2D eigenvalue weighted by Gasteiger charge is 2.24. The van der Waals surface area contributed by atoms with Crippen molar-refractivity contribution in [2.24, 2.45) is 10.1 Å². The molecule has 1 fully saturated rings. The first-order chi connectivity index (χ1) is 11.7. The molecule has 0 amide bonds. The van der Waals surface area contributed by atoms with Crippen molar-refractivity contribution in [2.45, 2.75) is 19.3 Å². The average Bonchev–Trinajstić information content (AvgIpc) is 3.27. The lowest BCUT2D eigenvalue weighted by Crippen LogP contribution is -2.33. The van der Waals surface area contributed by atoms with E-state index in [1.54, 1.807) is 0 Å². The Balaban J connectivity index is 1.97. The van der Waals surface area contributed by atoms with Gasteiger partial charge in [-0.25, -0.2) is 9.38 Å². The van der Waals surface area contributed by atoms with Crippen LogP contribution in [0.4, 0.5) is 10.1 Å². The van der Waals surface area contributed by atoms with E-state index in [1.165, 1.54) is 12.1 Å². The summed E-state index contributed by atoms with van der Waals surface area (Å²) in [5, 5.41) is 4.19. The molecule has 1 aromatic carbocycles. The molecule has 0 saturated carbocycles. The molecule has 0 bridgehead atoms. The summed E-state index contributed by atoms with van der Waals surface area (Å²) in [5.74, 6) is 2.78. The second-order valence-electron chi connectivity index (χ2n) is 5.48. The highest BCUT2D eigenvalue weighted by atomic mass is 35.5. The van der Waals surface area contributed by atoms with Crippen LogP contribution >= 0.6 is 11.6 Å². The molecule has 0 spiro atoms. The van der Waals surface area contributed by atoms with E-state index < -0.39 is 5.82 Å². The number of ether oxygens (including phenoxy) is 1. The molecular weight excluding hydrogens is 333 g/mol. The van der Waals surface area contributed by atoms with Crippen LogP contribution in [0, 0.1) is 18.2 Å². The second-order valence-corrected chi connectivity index (χ2v) is 5.88. The van der Waals surface area contributed by atoms with Gasteiger partial charge in [0.05, 0.1) is 5.02 Å². The summed E-state index contributed by atoms with van der Waals surface area (Å²) in [6.07, 6.45) is 7.99. The molecule has 1 saturated heterocycles. The zero-order valence-corrected chi connectivity index (χ0v) is 13.9. The minimum absolute atomic E-state index is 0.0496. The Morgan fingerprint density at radius 2 is 2.25 bits per heavy atom. The van der Waals surface area contributed by atoms with Crippen molar-refractivity contribution >= 4 is 28.8 Å². The van der Waals surface area contributed by atoms with Crippen LogP contribution in [0.25, 0.3) is 0 Å². The van der Waals surface area contributed by atoms with Crippen LogP contribution in [0.3, 0.4) is 0 Å². The minimum atomic E-state index is -0.524. The molecule has 2 aliphatic rings. The minimum Gasteiger partial charge on any atom is -0.479 e. The van der Waals surface area contributed by atoms with Crippen LogP contribution in [0.2, 0.25) is 5.02 Å². The lowest BCUT2D eigenvalue weighted by molar-refractivity contribution is 0.174. The Bertz CT molecular complexity index is 721. The van der Waals surface area contributed by atoms with Gasteiger partial charge in [0.2, 0.25) is 0 Å². The molecular formula is C17H17ClFN3O2. The number of hydrogen-bond acceptors (Lipinski definition) is 4. The number of terminal acetylenes is 1. The Morgan fingerprint density at radius 1 is 1.46 bits per heavy atom. The Morgan fingerprint density at radius 3 is 2.92 bits per heavy atom. The molecule has 126 valence electrons. The van der Waals surface area contributed by atoms with Crippen LogP contribution in [0.5, 0.6) is 5.75 Å². The van der Waals surface area contributed by atoms with Crippen molar-refractivity contribution in [1.82, 2.24) is 4.90 Å². The smallest absolute Gasteiger partial charge is 0.154 e. The number of rotatable bonds is 4. The van der Waals surface area contributed by atoms with Gasteiger partial charge in [-0.2, -0.15) is 0 Å². The van der Waals surface area contributed by atoms with Crippen LogP contribution in [0.1, 0.15) is 19.3 Å². The summed E-state index contributed by atoms with van der Waals surface area (Å²) in [7, 11) is 0. The molecule has 1 aromatic rings. The lowest BCUT2D eigenvalue weighted by Gasteiger charge is -2.19. The Labute approximate surface area is 145 Å². The lowest BCUT2D eigenvalue weighted by atomic mass is 10.2. The number of nitrogens with zero attached hydrogens (tertiary/aromatic N) is 3. The van der Waals surface area contributed by atoms with Gasteiger partial charge in [0, 0.05) is 25.6 Å². The van der Waals surface area contributed by atoms with E-state index in [0.29, 0.717) is 24.6 Å². The first-order valence-corrected chi connectivity index (χ1v) is 8.15. The number of benzene rings is 1. The summed E-state index contributed by atoms with van der Waals surface area (Å²) in [4.78, 5) is 11.7. The first-order valence-electron chi connectivity index (χ1n) is 7.77. The molecule has 0 N–H and O–H groups in total. The zero-order chi connectivity index (χ0) is 16.9. The van der Waals surface area contributed by atoms with Gasteiger partial charge in [0.1, 0.15) is 30.4 Å². The number of amidine groups is 1. The predicted octanol–water partition coefficient (Wildman–Crippen LogP) is 3.39. The van der Waals surface area contributed by atoms with Gasteiger partial charge in [-0.05, 0) is 18.9 Å². The third-order valence-electron chi connectivity index (χ3n) is 3.81. The standard InChI is InChI=1S/C17H17ClFN3O2/c1-2-8-23-16-11-15(13(19)10-12(16)18)20-17(14-5-9-24-21-14)22-6-3-4-7-22/h1,10-11H,3-9H2. The summed E-state index contributed by atoms with van der Waals surface area (Å²) >= 11 is 5.99. The average molecular weight is 350 g/mol. The quantitative estimate of drug-likeness (QED) is 0.475. The Hall–Kier alpha value is -2.26. The summed E-state index contributed by atoms with van der Waals surface area (Å²) < 4.78 is 19.7. The Kier molecular flexibility index (Phi) is 5.21. The van der Waals surface area contributed by atoms with Crippen molar-refractivity contribution < 1.29 is 14.0 Å². The number of hydrogen-bond donors (Lipinski definition) is 0. The number of aliphatic imine (C=N–C) groups is 1. The molecule has 24 heavy (non-hydrogen) atoms. The van der Waals surface area contributed by atoms with Crippen LogP contribution in [0.15, 0.2) is 22.3 Å².